The third-order valence-electron chi connectivity index (χ3n) is 3.57. The van der Waals surface area contributed by atoms with E-state index in [1.807, 2.05) is 30.3 Å². The molecule has 0 heterocycles. The maximum Gasteiger partial charge on any atom is 0.475 e. The third-order valence-corrected chi connectivity index (χ3v) is 3.57. The van der Waals surface area contributed by atoms with Gasteiger partial charge in [0.1, 0.15) is 5.54 Å². The summed E-state index contributed by atoms with van der Waals surface area (Å²) in [5, 5.41) is 24.1. The second-order valence-corrected chi connectivity index (χ2v) is 5.45. The number of carbonyl (C=O) groups excluding carboxylic acids is 2. The average Bonchev–Trinajstić information content (AvgIpc) is 3.19. The average molecular weight is 290 g/mol. The van der Waals surface area contributed by atoms with E-state index in [-0.39, 0.29) is 11.8 Å². The molecule has 112 valence electrons. The van der Waals surface area contributed by atoms with Gasteiger partial charge < -0.3 is 20.7 Å². The molecule has 4 N–H and O–H groups in total. The van der Waals surface area contributed by atoms with E-state index in [2.05, 4.69) is 10.6 Å². The molecule has 0 saturated heterocycles. The Kier molecular flexibility index (Phi) is 4.64. The first-order valence-corrected chi connectivity index (χ1v) is 6.93. The van der Waals surface area contributed by atoms with Crippen molar-refractivity contribution in [3.05, 3.63) is 35.9 Å². The highest BCUT2D eigenvalue weighted by molar-refractivity contribution is 6.43. The maximum atomic E-state index is 12.2. The molecule has 2 amide bonds. The van der Waals surface area contributed by atoms with Crippen LogP contribution in [0.15, 0.2) is 30.3 Å². The van der Waals surface area contributed by atoms with Crippen molar-refractivity contribution >= 4 is 18.9 Å². The summed E-state index contributed by atoms with van der Waals surface area (Å²) in [6, 6.07) is 9.25. The normalized spacial score (nSPS) is 16.7. The number of amides is 2. The Bertz CT molecular complexity index is 517. The summed E-state index contributed by atoms with van der Waals surface area (Å²) in [6.45, 7) is 1.36. The molecule has 0 spiro atoms. The number of hydrogen-bond donors (Lipinski definition) is 4. The highest BCUT2D eigenvalue weighted by Gasteiger charge is 2.51. The summed E-state index contributed by atoms with van der Waals surface area (Å²) in [4.78, 5) is 23.3. The molecule has 1 atom stereocenters. The molecular formula is C14H19BN2O4. The zero-order valence-corrected chi connectivity index (χ0v) is 11.9. The van der Waals surface area contributed by atoms with Gasteiger partial charge in [0.15, 0.2) is 0 Å². The molecule has 0 aliphatic heterocycles. The molecule has 1 saturated carbocycles. The zero-order valence-electron chi connectivity index (χ0n) is 11.9. The highest BCUT2D eigenvalue weighted by atomic mass is 16.4. The van der Waals surface area contributed by atoms with Crippen molar-refractivity contribution in [2.24, 2.45) is 0 Å². The van der Waals surface area contributed by atoms with Crippen LogP contribution < -0.4 is 10.6 Å². The van der Waals surface area contributed by atoms with Gasteiger partial charge in [-0.2, -0.15) is 0 Å². The molecule has 1 aromatic carbocycles. The second kappa shape index (κ2) is 6.28. The largest absolute Gasteiger partial charge is 0.475 e. The Morgan fingerprint density at radius 3 is 2.38 bits per heavy atom. The molecule has 0 radical (unpaired) electrons. The molecule has 6 nitrogen and oxygen atoms in total. The van der Waals surface area contributed by atoms with Gasteiger partial charge >= 0.3 is 7.12 Å². The number of nitrogens with one attached hydrogen (secondary N) is 2. The predicted molar refractivity (Wildman–Crippen MR) is 78.1 cm³/mol. The van der Waals surface area contributed by atoms with E-state index in [1.54, 1.807) is 0 Å². The van der Waals surface area contributed by atoms with Crippen molar-refractivity contribution in [3.63, 3.8) is 0 Å². The molecule has 1 fully saturated rings. The minimum atomic E-state index is -1.66. The van der Waals surface area contributed by atoms with Crippen LogP contribution in [0, 0.1) is 0 Å². The molecule has 1 aliphatic carbocycles. The summed E-state index contributed by atoms with van der Waals surface area (Å²) in [6.07, 6.45) is 1.44. The minimum Gasteiger partial charge on any atom is -0.426 e. The standard InChI is InChI=1S/C14H19BN2O4/c1-10(18)17-14(7-8-14)13(19)16-12(15(20)21)9-11-5-3-2-4-6-11/h2-6,12,20-21H,7-9H2,1H3,(H,16,19)(H,17,18). The Hall–Kier alpha value is -1.86. The Labute approximate surface area is 123 Å². The van der Waals surface area contributed by atoms with Crippen LogP contribution in [0.1, 0.15) is 25.3 Å². The number of hydrogen-bond acceptors (Lipinski definition) is 4. The SMILES string of the molecule is CC(=O)NC1(C(=O)NC(Cc2ccccc2)B(O)O)CC1. The van der Waals surface area contributed by atoms with Gasteiger partial charge in [0.05, 0.1) is 5.94 Å². The zero-order chi connectivity index (χ0) is 15.5. The fraction of sp³-hybridized carbons (Fsp3) is 0.429. The van der Waals surface area contributed by atoms with Crippen molar-refractivity contribution in [1.82, 2.24) is 10.6 Å². The first kappa shape index (κ1) is 15.5. The van der Waals surface area contributed by atoms with Crippen LogP contribution in [0.2, 0.25) is 0 Å². The summed E-state index contributed by atoms with van der Waals surface area (Å²) in [7, 11) is -1.66. The summed E-state index contributed by atoms with van der Waals surface area (Å²) in [5.41, 5.74) is 0.00984. The first-order chi connectivity index (χ1) is 9.93. The van der Waals surface area contributed by atoms with Gasteiger partial charge in [0.2, 0.25) is 11.8 Å². The van der Waals surface area contributed by atoms with Gasteiger partial charge in [0.25, 0.3) is 0 Å². The third kappa shape index (κ3) is 4.06. The van der Waals surface area contributed by atoms with Crippen molar-refractivity contribution in [3.8, 4) is 0 Å². The lowest BCUT2D eigenvalue weighted by molar-refractivity contribution is -0.129. The molecule has 2 rings (SSSR count). The van der Waals surface area contributed by atoms with Gasteiger partial charge in [-0.15, -0.1) is 0 Å². The van der Waals surface area contributed by atoms with Crippen LogP contribution in [-0.4, -0.2) is 40.5 Å². The van der Waals surface area contributed by atoms with Gasteiger partial charge in [-0.1, -0.05) is 30.3 Å². The highest BCUT2D eigenvalue weighted by Crippen LogP contribution is 2.35. The van der Waals surface area contributed by atoms with Gasteiger partial charge in [-0.3, -0.25) is 9.59 Å². The lowest BCUT2D eigenvalue weighted by atomic mass is 9.75. The molecule has 1 aliphatic rings. The molecule has 21 heavy (non-hydrogen) atoms. The van der Waals surface area contributed by atoms with Crippen molar-refractivity contribution in [2.45, 2.75) is 37.7 Å². The monoisotopic (exact) mass is 290 g/mol. The Morgan fingerprint density at radius 2 is 1.90 bits per heavy atom. The van der Waals surface area contributed by atoms with Gasteiger partial charge in [0, 0.05) is 6.92 Å². The minimum absolute atomic E-state index is 0.271. The fourth-order valence-electron chi connectivity index (χ4n) is 2.28. The van der Waals surface area contributed by atoms with E-state index in [0.29, 0.717) is 19.3 Å². The molecule has 1 aromatic rings. The van der Waals surface area contributed by atoms with Crippen LogP contribution in [0.3, 0.4) is 0 Å². The molecular weight excluding hydrogens is 271 g/mol. The van der Waals surface area contributed by atoms with Crippen LogP contribution in [0.4, 0.5) is 0 Å². The van der Waals surface area contributed by atoms with Crippen molar-refractivity contribution in [1.29, 1.82) is 0 Å². The van der Waals surface area contributed by atoms with Crippen LogP contribution in [0.25, 0.3) is 0 Å². The van der Waals surface area contributed by atoms with E-state index in [9.17, 15) is 19.6 Å². The Balaban J connectivity index is 2.00. The van der Waals surface area contributed by atoms with Crippen molar-refractivity contribution < 1.29 is 19.6 Å². The van der Waals surface area contributed by atoms with Crippen LogP contribution >= 0.6 is 0 Å². The lowest BCUT2D eigenvalue weighted by Gasteiger charge is -2.22. The number of carbonyl (C=O) groups is 2. The molecule has 0 bridgehead atoms. The smallest absolute Gasteiger partial charge is 0.426 e. The fourth-order valence-corrected chi connectivity index (χ4v) is 2.28. The van der Waals surface area contributed by atoms with E-state index in [1.165, 1.54) is 6.92 Å². The maximum absolute atomic E-state index is 12.2. The second-order valence-electron chi connectivity index (χ2n) is 5.45. The lowest BCUT2D eigenvalue weighted by Crippen LogP contribution is -2.55. The first-order valence-electron chi connectivity index (χ1n) is 6.93. The van der Waals surface area contributed by atoms with Gasteiger partial charge in [-0.05, 0) is 24.8 Å². The van der Waals surface area contributed by atoms with E-state index < -0.39 is 18.6 Å². The molecule has 7 heteroatoms. The molecule has 0 aromatic heterocycles. The summed E-state index contributed by atoms with van der Waals surface area (Å²) >= 11 is 0. The summed E-state index contributed by atoms with van der Waals surface area (Å²) < 4.78 is 0. The molecule has 1 unspecified atom stereocenters. The number of rotatable bonds is 6. The number of benzene rings is 1. The van der Waals surface area contributed by atoms with E-state index in [0.717, 1.165) is 5.56 Å². The predicted octanol–water partition coefficient (Wildman–Crippen LogP) is -0.605. The van der Waals surface area contributed by atoms with Gasteiger partial charge in [-0.25, -0.2) is 0 Å². The van der Waals surface area contributed by atoms with Crippen LogP contribution in [-0.2, 0) is 16.0 Å². The quantitative estimate of drug-likeness (QED) is 0.525. The van der Waals surface area contributed by atoms with Crippen LogP contribution in [0.5, 0.6) is 0 Å². The van der Waals surface area contributed by atoms with E-state index >= 15 is 0 Å². The van der Waals surface area contributed by atoms with E-state index in [4.69, 9.17) is 0 Å². The summed E-state index contributed by atoms with van der Waals surface area (Å²) in [5.74, 6) is -1.45. The van der Waals surface area contributed by atoms with Crippen molar-refractivity contribution in [2.75, 3.05) is 0 Å². The topological polar surface area (TPSA) is 98.7 Å². The Morgan fingerprint density at radius 1 is 1.29 bits per heavy atom.